The van der Waals surface area contributed by atoms with Crippen LogP contribution in [0.5, 0.6) is 0 Å². The molecule has 1 heterocycles. The maximum Gasteiger partial charge on any atom is 0.421 e. The van der Waals surface area contributed by atoms with Gasteiger partial charge in [0.05, 0.1) is 5.69 Å². The van der Waals surface area contributed by atoms with Crippen molar-refractivity contribution in [2.45, 2.75) is 17.9 Å². The Morgan fingerprint density at radius 2 is 1.47 bits per heavy atom. The summed E-state index contributed by atoms with van der Waals surface area (Å²) in [7, 11) is 0. The molecule has 15 heavy (non-hydrogen) atoms. The highest BCUT2D eigenvalue weighted by Gasteiger charge is 2.70. The molecule has 0 spiro atoms. The summed E-state index contributed by atoms with van der Waals surface area (Å²) in [4.78, 5) is 1.83. The van der Waals surface area contributed by atoms with Gasteiger partial charge in [0.25, 0.3) is 0 Å². The molecular weight excluding hydrogens is 226 g/mol. The van der Waals surface area contributed by atoms with Crippen LogP contribution in [0.1, 0.15) is 5.69 Å². The Labute approximate surface area is 80.1 Å². The Hall–Kier alpha value is -1.18. The van der Waals surface area contributed by atoms with Crippen molar-refractivity contribution in [3.05, 3.63) is 24.0 Å². The van der Waals surface area contributed by atoms with Crippen molar-refractivity contribution in [1.29, 1.82) is 0 Å². The van der Waals surface area contributed by atoms with E-state index in [4.69, 9.17) is 0 Å². The van der Waals surface area contributed by atoms with Crippen molar-refractivity contribution in [3.8, 4) is 0 Å². The van der Waals surface area contributed by atoms with Crippen LogP contribution >= 0.6 is 0 Å². The molecule has 0 radical (unpaired) electrons. The Morgan fingerprint density at radius 3 is 1.73 bits per heavy atom. The Bertz CT molecular complexity index is 308. The van der Waals surface area contributed by atoms with Crippen molar-refractivity contribution in [2.24, 2.45) is 5.73 Å². The van der Waals surface area contributed by atoms with E-state index < -0.39 is 23.6 Å². The molecule has 0 unspecified atom stereocenters. The molecule has 0 aliphatic rings. The van der Waals surface area contributed by atoms with Crippen molar-refractivity contribution in [1.82, 2.24) is 4.98 Å². The molecule has 0 aliphatic carbocycles. The van der Waals surface area contributed by atoms with Crippen LogP contribution in [0.15, 0.2) is 18.3 Å². The summed E-state index contributed by atoms with van der Waals surface area (Å²) in [6, 6.07) is 1.65. The van der Waals surface area contributed by atoms with Gasteiger partial charge in [-0.15, -0.1) is 0 Å². The fourth-order valence-corrected chi connectivity index (χ4v) is 1.04. The molecule has 2 nitrogen and oxygen atoms in total. The lowest BCUT2D eigenvalue weighted by molar-refractivity contribution is -0.302. The molecule has 8 heteroatoms. The first-order valence-electron chi connectivity index (χ1n) is 3.67. The number of nitrogens with two attached hydrogens (primary N) is 1. The van der Waals surface area contributed by atoms with Gasteiger partial charge in [0.2, 0.25) is 5.54 Å². The monoisotopic (exact) mass is 232 g/mol. The lowest BCUT2D eigenvalue weighted by Gasteiger charge is -2.32. The van der Waals surface area contributed by atoms with Gasteiger partial charge in [-0.25, -0.2) is 0 Å². The maximum atomic E-state index is 12.3. The van der Waals surface area contributed by atoms with E-state index in [1.54, 1.807) is 0 Å². The fourth-order valence-electron chi connectivity index (χ4n) is 1.04. The fraction of sp³-hybridized carbons (Fsp3) is 0.429. The van der Waals surface area contributed by atoms with E-state index in [1.807, 2.05) is 4.98 Å². The first kappa shape index (κ1) is 11.9. The number of hydrogen-bond acceptors (Lipinski definition) is 1. The Kier molecular flexibility index (Phi) is 2.50. The van der Waals surface area contributed by atoms with Gasteiger partial charge in [-0.1, -0.05) is 0 Å². The summed E-state index contributed by atoms with van der Waals surface area (Å²) in [5.74, 6) is 0. The van der Waals surface area contributed by atoms with Gasteiger partial charge in [-0.05, 0) is 12.1 Å². The second-order valence-corrected chi connectivity index (χ2v) is 2.89. The second-order valence-electron chi connectivity index (χ2n) is 2.89. The van der Waals surface area contributed by atoms with Gasteiger partial charge in [-0.3, -0.25) is 0 Å². The number of halogens is 6. The van der Waals surface area contributed by atoms with Crippen molar-refractivity contribution in [3.63, 3.8) is 0 Å². The van der Waals surface area contributed by atoms with Gasteiger partial charge in [0.1, 0.15) is 0 Å². The van der Waals surface area contributed by atoms with Crippen molar-refractivity contribution >= 4 is 0 Å². The van der Waals surface area contributed by atoms with E-state index in [0.717, 1.165) is 12.3 Å². The number of aromatic amines is 1. The third-order valence-electron chi connectivity index (χ3n) is 1.92. The summed E-state index contributed by atoms with van der Waals surface area (Å²) in [6.07, 6.45) is -10.3. The van der Waals surface area contributed by atoms with Crippen molar-refractivity contribution in [2.75, 3.05) is 0 Å². The third kappa shape index (κ3) is 1.69. The van der Waals surface area contributed by atoms with Gasteiger partial charge in [0.15, 0.2) is 0 Å². The van der Waals surface area contributed by atoms with Crippen LogP contribution in [-0.4, -0.2) is 17.3 Å². The molecule has 0 aromatic carbocycles. The van der Waals surface area contributed by atoms with Gasteiger partial charge in [-0.2, -0.15) is 26.3 Å². The largest absolute Gasteiger partial charge is 0.421 e. The number of aromatic nitrogens is 1. The smallest absolute Gasteiger partial charge is 0.363 e. The zero-order valence-electron chi connectivity index (χ0n) is 7.08. The Morgan fingerprint density at radius 1 is 1.00 bits per heavy atom. The number of nitrogens with one attached hydrogen (secondary N) is 1. The predicted molar refractivity (Wildman–Crippen MR) is 38.8 cm³/mol. The van der Waals surface area contributed by atoms with Gasteiger partial charge in [0, 0.05) is 6.20 Å². The molecule has 1 aromatic rings. The SMILES string of the molecule is NC(c1ccc[nH]1)(C(F)(F)F)C(F)(F)F. The topological polar surface area (TPSA) is 41.8 Å². The molecule has 0 atom stereocenters. The van der Waals surface area contributed by atoms with E-state index in [2.05, 4.69) is 5.73 Å². The first-order valence-corrected chi connectivity index (χ1v) is 3.67. The predicted octanol–water partition coefficient (Wildman–Crippen LogP) is 2.29. The minimum atomic E-state index is -5.61. The number of alkyl halides is 6. The lowest BCUT2D eigenvalue weighted by atomic mass is 9.95. The van der Waals surface area contributed by atoms with E-state index in [0.29, 0.717) is 6.07 Å². The van der Waals surface area contributed by atoms with E-state index in [-0.39, 0.29) is 0 Å². The number of H-pyrrole nitrogens is 1. The molecule has 86 valence electrons. The molecule has 0 saturated heterocycles. The summed E-state index contributed by atoms with van der Waals surface area (Å²) in [5.41, 5.74) is -1.06. The summed E-state index contributed by atoms with van der Waals surface area (Å²) in [5, 5.41) is 0. The van der Waals surface area contributed by atoms with Gasteiger partial charge < -0.3 is 10.7 Å². The van der Waals surface area contributed by atoms with E-state index in [9.17, 15) is 26.3 Å². The average molecular weight is 232 g/mol. The Balaban J connectivity index is 3.33. The van der Waals surface area contributed by atoms with Crippen molar-refractivity contribution < 1.29 is 26.3 Å². The average Bonchev–Trinajstić information content (AvgIpc) is 2.49. The quantitative estimate of drug-likeness (QED) is 0.716. The number of hydrogen-bond donors (Lipinski definition) is 2. The highest BCUT2D eigenvalue weighted by molar-refractivity contribution is 5.21. The van der Waals surface area contributed by atoms with Gasteiger partial charge >= 0.3 is 12.4 Å². The third-order valence-corrected chi connectivity index (χ3v) is 1.92. The highest BCUT2D eigenvalue weighted by Crippen LogP contribution is 2.47. The summed E-state index contributed by atoms with van der Waals surface area (Å²) >= 11 is 0. The molecule has 1 aromatic heterocycles. The van der Waals surface area contributed by atoms with Crippen LogP contribution < -0.4 is 5.73 Å². The zero-order chi connectivity index (χ0) is 11.9. The molecule has 0 amide bonds. The van der Waals surface area contributed by atoms with Crippen LogP contribution in [0.25, 0.3) is 0 Å². The molecule has 0 aliphatic heterocycles. The minimum absolute atomic E-state index is 0.640. The zero-order valence-corrected chi connectivity index (χ0v) is 7.08. The van der Waals surface area contributed by atoms with Crippen LogP contribution in [0.3, 0.4) is 0 Å². The summed E-state index contributed by atoms with van der Waals surface area (Å²) < 4.78 is 73.8. The molecule has 0 fully saturated rings. The number of rotatable bonds is 1. The standard InChI is InChI=1S/C7H6F6N2/c8-6(9,10)5(14,7(11,12)13)4-2-1-3-15-4/h1-3,15H,14H2. The van der Waals surface area contributed by atoms with Crippen LogP contribution in [-0.2, 0) is 5.54 Å². The van der Waals surface area contributed by atoms with Crippen LogP contribution in [0.2, 0.25) is 0 Å². The first-order chi connectivity index (χ1) is 6.61. The minimum Gasteiger partial charge on any atom is -0.363 e. The maximum absolute atomic E-state index is 12.3. The molecule has 3 N–H and O–H groups in total. The highest BCUT2D eigenvalue weighted by atomic mass is 19.4. The molecular formula is C7H6F6N2. The molecule has 0 bridgehead atoms. The van der Waals surface area contributed by atoms with Crippen LogP contribution in [0, 0.1) is 0 Å². The van der Waals surface area contributed by atoms with E-state index in [1.165, 1.54) is 0 Å². The lowest BCUT2D eigenvalue weighted by Crippen LogP contribution is -2.61. The molecule has 0 saturated carbocycles. The van der Waals surface area contributed by atoms with E-state index >= 15 is 0 Å². The van der Waals surface area contributed by atoms with Crippen LogP contribution in [0.4, 0.5) is 26.3 Å². The normalized spacial score (nSPS) is 14.3. The summed E-state index contributed by atoms with van der Waals surface area (Å²) in [6.45, 7) is 0. The second kappa shape index (κ2) is 3.16. The molecule has 1 rings (SSSR count).